The van der Waals surface area contributed by atoms with E-state index in [4.69, 9.17) is 14.7 Å². The van der Waals surface area contributed by atoms with Crippen LogP contribution < -0.4 is 4.90 Å². The molecule has 1 amide bonds. The quantitative estimate of drug-likeness (QED) is 0.418. The predicted octanol–water partition coefficient (Wildman–Crippen LogP) is 4.20. The Hall–Kier alpha value is -3.85. The largest absolute Gasteiger partial charge is 0.381 e. The molecule has 0 unspecified atom stereocenters. The van der Waals surface area contributed by atoms with Gasteiger partial charge >= 0.3 is 0 Å². The van der Waals surface area contributed by atoms with Crippen molar-refractivity contribution in [2.45, 2.75) is 25.2 Å². The number of nitrogens with zero attached hydrogens (tertiary/aromatic N) is 6. The minimum atomic E-state index is -0.401. The van der Waals surface area contributed by atoms with Gasteiger partial charge in [-0.25, -0.2) is 19.0 Å². The van der Waals surface area contributed by atoms with Crippen molar-refractivity contribution in [1.82, 2.24) is 24.6 Å². The summed E-state index contributed by atoms with van der Waals surface area (Å²) in [6.45, 7) is 3.93. The van der Waals surface area contributed by atoms with Crippen LogP contribution in [0.15, 0.2) is 60.8 Å². The van der Waals surface area contributed by atoms with E-state index in [-0.39, 0.29) is 11.8 Å². The van der Waals surface area contributed by atoms with Crippen LogP contribution in [0.1, 0.15) is 41.4 Å². The Morgan fingerprint density at radius 1 is 0.946 bits per heavy atom. The number of hydrogen-bond acceptors (Lipinski definition) is 6. The highest BCUT2D eigenvalue weighted by molar-refractivity contribution is 5.94. The molecule has 0 radical (unpaired) electrons. The fourth-order valence-electron chi connectivity index (χ4n) is 5.18. The van der Waals surface area contributed by atoms with Gasteiger partial charge in [-0.3, -0.25) is 4.79 Å². The maximum Gasteiger partial charge on any atom is 0.254 e. The molecule has 4 aromatic rings. The van der Waals surface area contributed by atoms with Crippen molar-refractivity contribution in [2.24, 2.45) is 0 Å². The van der Waals surface area contributed by atoms with E-state index in [1.165, 1.54) is 12.1 Å². The number of fused-ring (bicyclic) bond motifs is 1. The van der Waals surface area contributed by atoms with Crippen molar-refractivity contribution in [3.8, 4) is 5.69 Å². The molecule has 9 heteroatoms. The minimum Gasteiger partial charge on any atom is -0.381 e. The van der Waals surface area contributed by atoms with Crippen molar-refractivity contribution in [3.63, 3.8) is 0 Å². The summed E-state index contributed by atoms with van der Waals surface area (Å²) < 4.78 is 21.2. The van der Waals surface area contributed by atoms with Crippen molar-refractivity contribution in [2.75, 3.05) is 44.3 Å². The second-order valence-corrected chi connectivity index (χ2v) is 9.56. The lowest BCUT2D eigenvalue weighted by Gasteiger charge is -2.26. The van der Waals surface area contributed by atoms with E-state index < -0.39 is 5.82 Å². The Balaban J connectivity index is 1.34. The number of amides is 1. The number of para-hydroxylation sites is 1. The van der Waals surface area contributed by atoms with Crippen molar-refractivity contribution >= 4 is 22.8 Å². The van der Waals surface area contributed by atoms with Crippen LogP contribution in [-0.2, 0) is 4.74 Å². The summed E-state index contributed by atoms with van der Waals surface area (Å²) in [6, 6.07) is 15.9. The maximum atomic E-state index is 13.7. The molecule has 4 heterocycles. The SMILES string of the molecule is O=C(c1cccc(F)c1)N1CCCN(c2nc(C3CCOCC3)nc3c2cnn3-c2ccccc2)CC1. The Labute approximate surface area is 214 Å². The second kappa shape index (κ2) is 10.3. The van der Waals surface area contributed by atoms with E-state index in [1.807, 2.05) is 41.2 Å². The molecule has 0 saturated carbocycles. The number of anilines is 1. The highest BCUT2D eigenvalue weighted by atomic mass is 19.1. The maximum absolute atomic E-state index is 13.7. The molecule has 190 valence electrons. The third-order valence-electron chi connectivity index (χ3n) is 7.17. The van der Waals surface area contributed by atoms with Crippen LogP contribution in [0, 0.1) is 5.82 Å². The van der Waals surface area contributed by atoms with Crippen LogP contribution in [0.5, 0.6) is 0 Å². The third kappa shape index (κ3) is 4.79. The van der Waals surface area contributed by atoms with Gasteiger partial charge in [-0.2, -0.15) is 5.10 Å². The molecule has 2 aliphatic heterocycles. The van der Waals surface area contributed by atoms with E-state index in [2.05, 4.69) is 10.00 Å². The summed E-state index contributed by atoms with van der Waals surface area (Å²) in [5.41, 5.74) is 2.11. The first-order valence-electron chi connectivity index (χ1n) is 12.9. The fraction of sp³-hybridized carbons (Fsp3) is 0.357. The monoisotopic (exact) mass is 500 g/mol. The van der Waals surface area contributed by atoms with Crippen LogP contribution in [-0.4, -0.2) is 69.9 Å². The third-order valence-corrected chi connectivity index (χ3v) is 7.17. The summed E-state index contributed by atoms with van der Waals surface area (Å²) in [4.78, 5) is 27.2. The molecule has 0 spiro atoms. The van der Waals surface area contributed by atoms with Crippen LogP contribution >= 0.6 is 0 Å². The fourth-order valence-corrected chi connectivity index (χ4v) is 5.18. The Morgan fingerprint density at radius 3 is 2.59 bits per heavy atom. The van der Waals surface area contributed by atoms with Crippen molar-refractivity contribution in [3.05, 3.63) is 78.0 Å². The number of rotatable bonds is 4. The molecule has 0 atom stereocenters. The first-order chi connectivity index (χ1) is 18.2. The predicted molar refractivity (Wildman–Crippen MR) is 139 cm³/mol. The number of carbonyl (C=O) groups is 1. The number of ether oxygens (including phenoxy) is 1. The van der Waals surface area contributed by atoms with Gasteiger partial charge in [0.25, 0.3) is 5.91 Å². The molecule has 6 rings (SSSR count). The number of halogens is 1. The van der Waals surface area contributed by atoms with E-state index >= 15 is 0 Å². The van der Waals surface area contributed by atoms with E-state index in [9.17, 15) is 9.18 Å². The van der Waals surface area contributed by atoms with Gasteiger partial charge in [0.15, 0.2) is 5.65 Å². The molecule has 2 aromatic carbocycles. The summed E-state index contributed by atoms with van der Waals surface area (Å²) in [5.74, 6) is 1.36. The molecule has 2 aromatic heterocycles. The van der Waals surface area contributed by atoms with Crippen molar-refractivity contribution < 1.29 is 13.9 Å². The summed E-state index contributed by atoms with van der Waals surface area (Å²) in [5, 5.41) is 5.58. The molecule has 8 nitrogen and oxygen atoms in total. The minimum absolute atomic E-state index is 0.144. The molecule has 37 heavy (non-hydrogen) atoms. The van der Waals surface area contributed by atoms with Gasteiger partial charge in [0.2, 0.25) is 0 Å². The van der Waals surface area contributed by atoms with Crippen LogP contribution in [0.4, 0.5) is 10.2 Å². The Bertz CT molecular complexity index is 1400. The average Bonchev–Trinajstić information content (AvgIpc) is 3.22. The lowest BCUT2D eigenvalue weighted by molar-refractivity contribution is 0.0766. The Morgan fingerprint density at radius 2 is 1.78 bits per heavy atom. The van der Waals surface area contributed by atoms with Crippen LogP contribution in [0.25, 0.3) is 16.7 Å². The van der Waals surface area contributed by atoms with Gasteiger partial charge in [0, 0.05) is 50.9 Å². The van der Waals surface area contributed by atoms with Gasteiger partial charge in [0.1, 0.15) is 17.5 Å². The molecular formula is C28H29FN6O2. The first-order valence-corrected chi connectivity index (χ1v) is 12.9. The van der Waals surface area contributed by atoms with Crippen LogP contribution in [0.3, 0.4) is 0 Å². The number of aromatic nitrogens is 4. The van der Waals surface area contributed by atoms with Gasteiger partial charge in [-0.05, 0) is 49.6 Å². The molecule has 0 aliphatic carbocycles. The lowest BCUT2D eigenvalue weighted by Crippen LogP contribution is -2.35. The summed E-state index contributed by atoms with van der Waals surface area (Å²) in [7, 11) is 0. The van der Waals surface area contributed by atoms with Gasteiger partial charge in [-0.1, -0.05) is 24.3 Å². The highest BCUT2D eigenvalue weighted by Gasteiger charge is 2.27. The zero-order valence-electron chi connectivity index (χ0n) is 20.6. The average molecular weight is 501 g/mol. The van der Waals surface area contributed by atoms with Gasteiger partial charge in [0.05, 0.1) is 17.3 Å². The molecular weight excluding hydrogens is 471 g/mol. The Kier molecular flexibility index (Phi) is 6.53. The zero-order valence-corrected chi connectivity index (χ0v) is 20.6. The molecule has 0 N–H and O–H groups in total. The molecule has 2 aliphatic rings. The molecule has 2 fully saturated rings. The van der Waals surface area contributed by atoms with Gasteiger partial charge in [-0.15, -0.1) is 0 Å². The summed E-state index contributed by atoms with van der Waals surface area (Å²) >= 11 is 0. The van der Waals surface area contributed by atoms with E-state index in [0.717, 1.165) is 54.2 Å². The van der Waals surface area contributed by atoms with E-state index in [0.29, 0.717) is 38.4 Å². The molecule has 0 bridgehead atoms. The van der Waals surface area contributed by atoms with Gasteiger partial charge < -0.3 is 14.5 Å². The standard InChI is InChI=1S/C28H29FN6O2/c29-22-7-4-6-21(18-22)28(36)34-13-5-12-33(14-15-34)26-24-19-30-35(23-8-2-1-3-9-23)27(24)32-25(31-26)20-10-16-37-17-11-20/h1-4,6-9,18-20H,5,10-17H2. The van der Waals surface area contributed by atoms with E-state index in [1.54, 1.807) is 17.0 Å². The van der Waals surface area contributed by atoms with Crippen molar-refractivity contribution in [1.29, 1.82) is 0 Å². The topological polar surface area (TPSA) is 76.4 Å². The number of hydrogen-bond donors (Lipinski definition) is 0. The number of carbonyl (C=O) groups excluding carboxylic acids is 1. The first kappa shape index (κ1) is 23.5. The zero-order chi connectivity index (χ0) is 25.2. The smallest absolute Gasteiger partial charge is 0.254 e. The second-order valence-electron chi connectivity index (χ2n) is 9.56. The highest BCUT2D eigenvalue weighted by Crippen LogP contribution is 2.31. The summed E-state index contributed by atoms with van der Waals surface area (Å²) in [6.07, 6.45) is 4.40. The lowest BCUT2D eigenvalue weighted by atomic mass is 9.99. The normalized spacial score (nSPS) is 17.2. The molecule has 2 saturated heterocycles. The number of benzene rings is 2. The van der Waals surface area contributed by atoms with Crippen LogP contribution in [0.2, 0.25) is 0 Å².